The molecule has 2 rings (SSSR count). The molecule has 0 fully saturated rings. The van der Waals surface area contributed by atoms with E-state index in [1.54, 1.807) is 0 Å². The molecule has 0 amide bonds. The van der Waals surface area contributed by atoms with E-state index < -0.39 is 26.6 Å². The lowest BCUT2D eigenvalue weighted by Crippen LogP contribution is -2.17. The highest BCUT2D eigenvalue weighted by Crippen LogP contribution is 2.28. The smallest absolute Gasteiger partial charge is 0.261 e. The van der Waals surface area contributed by atoms with Crippen molar-refractivity contribution >= 4 is 43.4 Å². The first-order valence-electron chi connectivity index (χ1n) is 4.95. The summed E-state index contributed by atoms with van der Waals surface area (Å²) < 4.78 is 52.5. The summed E-state index contributed by atoms with van der Waals surface area (Å²) in [5, 5.41) is -0.199. The van der Waals surface area contributed by atoms with Crippen LogP contribution in [0, 0.1) is 11.6 Å². The lowest BCUT2D eigenvalue weighted by atomic mass is 10.3. The van der Waals surface area contributed by atoms with Crippen molar-refractivity contribution in [2.75, 3.05) is 4.72 Å². The number of sulfonamides is 1. The molecule has 0 aliphatic carbocycles. The summed E-state index contributed by atoms with van der Waals surface area (Å²) in [6.45, 7) is 0. The van der Waals surface area contributed by atoms with E-state index in [9.17, 15) is 17.2 Å². The van der Waals surface area contributed by atoms with Crippen molar-refractivity contribution in [2.45, 2.75) is 4.90 Å². The molecule has 0 atom stereocenters. The van der Waals surface area contributed by atoms with Crippen molar-refractivity contribution < 1.29 is 17.2 Å². The number of nitrogens with zero attached hydrogens (tertiary/aromatic N) is 2. The number of benzene rings is 1. The van der Waals surface area contributed by atoms with Crippen molar-refractivity contribution in [3.63, 3.8) is 0 Å². The third-order valence-corrected chi connectivity index (χ3v) is 4.70. The SMILES string of the molecule is O=S(=O)(Nc1nccnc1Cl)c1c(F)cc(F)cc1Br. The van der Waals surface area contributed by atoms with Gasteiger partial charge in [0.2, 0.25) is 0 Å². The van der Waals surface area contributed by atoms with E-state index >= 15 is 0 Å². The molecule has 1 aromatic carbocycles. The Bertz CT molecular complexity index is 750. The molecule has 0 saturated heterocycles. The van der Waals surface area contributed by atoms with Gasteiger partial charge < -0.3 is 0 Å². The second kappa shape index (κ2) is 5.58. The third-order valence-electron chi connectivity index (χ3n) is 2.12. The summed E-state index contributed by atoms with van der Waals surface area (Å²) in [7, 11) is -4.34. The fourth-order valence-corrected chi connectivity index (χ4v) is 3.75. The van der Waals surface area contributed by atoms with Gasteiger partial charge in [-0.1, -0.05) is 11.6 Å². The van der Waals surface area contributed by atoms with E-state index in [4.69, 9.17) is 11.6 Å². The van der Waals surface area contributed by atoms with Crippen LogP contribution in [0.15, 0.2) is 33.9 Å². The molecule has 1 N–H and O–H groups in total. The Morgan fingerprint density at radius 1 is 1.20 bits per heavy atom. The van der Waals surface area contributed by atoms with E-state index in [1.165, 1.54) is 12.4 Å². The molecule has 0 aliphatic heterocycles. The van der Waals surface area contributed by atoms with Gasteiger partial charge in [0.1, 0.15) is 16.5 Å². The zero-order valence-corrected chi connectivity index (χ0v) is 12.6. The minimum Gasteiger partial charge on any atom is -0.261 e. The molecule has 2 aromatic rings. The van der Waals surface area contributed by atoms with Gasteiger partial charge in [0.25, 0.3) is 10.0 Å². The summed E-state index contributed by atoms with van der Waals surface area (Å²) in [6.07, 6.45) is 2.47. The van der Waals surface area contributed by atoms with Gasteiger partial charge in [-0.05, 0) is 22.0 Å². The molecule has 0 spiro atoms. The van der Waals surface area contributed by atoms with E-state index in [0.29, 0.717) is 6.07 Å². The molecular formula is C10H5BrClF2N3O2S. The van der Waals surface area contributed by atoms with Crippen LogP contribution in [-0.2, 0) is 10.0 Å². The zero-order valence-electron chi connectivity index (χ0n) is 9.44. The number of hydrogen-bond acceptors (Lipinski definition) is 4. The van der Waals surface area contributed by atoms with Crippen LogP contribution in [0.4, 0.5) is 14.6 Å². The summed E-state index contributed by atoms with van der Waals surface area (Å²) in [5.74, 6) is -2.42. The Kier molecular flexibility index (Phi) is 4.21. The van der Waals surface area contributed by atoms with Gasteiger partial charge >= 0.3 is 0 Å². The van der Waals surface area contributed by atoms with Crippen LogP contribution in [-0.4, -0.2) is 18.4 Å². The number of anilines is 1. The molecule has 20 heavy (non-hydrogen) atoms. The van der Waals surface area contributed by atoms with Crippen LogP contribution in [0.25, 0.3) is 0 Å². The highest BCUT2D eigenvalue weighted by atomic mass is 79.9. The lowest BCUT2D eigenvalue weighted by molar-refractivity contribution is 0.548. The van der Waals surface area contributed by atoms with Crippen molar-refractivity contribution in [1.82, 2.24) is 9.97 Å². The van der Waals surface area contributed by atoms with Crippen LogP contribution < -0.4 is 4.72 Å². The fourth-order valence-electron chi connectivity index (χ4n) is 1.35. The molecule has 0 aliphatic rings. The molecular weight excluding hydrogens is 380 g/mol. The predicted octanol–water partition coefficient (Wildman–Crippen LogP) is 2.97. The van der Waals surface area contributed by atoms with Crippen LogP contribution in [0.3, 0.4) is 0 Å². The first-order valence-corrected chi connectivity index (χ1v) is 7.60. The molecule has 0 saturated carbocycles. The average Bonchev–Trinajstić information content (AvgIpc) is 2.30. The third kappa shape index (κ3) is 3.05. The second-order valence-electron chi connectivity index (χ2n) is 3.50. The standard InChI is InChI=1S/C10H5BrClF2N3O2S/c11-6-3-5(13)4-7(14)8(6)20(18,19)17-10-9(12)15-1-2-16-10/h1-4H,(H,16,17). The second-order valence-corrected chi connectivity index (χ2v) is 6.33. The molecule has 1 heterocycles. The average molecular weight is 385 g/mol. The topological polar surface area (TPSA) is 72.0 Å². The molecule has 0 bridgehead atoms. The van der Waals surface area contributed by atoms with Gasteiger partial charge in [-0.3, -0.25) is 4.72 Å². The van der Waals surface area contributed by atoms with Crippen LogP contribution in [0.2, 0.25) is 5.15 Å². The van der Waals surface area contributed by atoms with Crippen molar-refractivity contribution in [1.29, 1.82) is 0 Å². The highest BCUT2D eigenvalue weighted by Gasteiger charge is 2.25. The first kappa shape index (κ1) is 15.1. The summed E-state index contributed by atoms with van der Waals surface area (Å²) in [4.78, 5) is 6.55. The minimum atomic E-state index is -4.34. The minimum absolute atomic E-state index is 0.199. The largest absolute Gasteiger partial charge is 0.267 e. The maximum Gasteiger partial charge on any atom is 0.267 e. The summed E-state index contributed by atoms with van der Waals surface area (Å²) in [5.41, 5.74) is 0. The Morgan fingerprint density at radius 3 is 2.45 bits per heavy atom. The Balaban J connectivity index is 2.50. The Labute approximate surface area is 126 Å². The Hall–Kier alpha value is -1.32. The van der Waals surface area contributed by atoms with Gasteiger partial charge in [0, 0.05) is 22.9 Å². The molecule has 5 nitrogen and oxygen atoms in total. The number of rotatable bonds is 3. The Morgan fingerprint density at radius 2 is 1.85 bits per heavy atom. The molecule has 106 valence electrons. The molecule has 0 unspecified atom stereocenters. The van der Waals surface area contributed by atoms with Gasteiger partial charge in [-0.2, -0.15) is 0 Å². The number of aromatic nitrogens is 2. The van der Waals surface area contributed by atoms with Gasteiger partial charge in [-0.25, -0.2) is 27.2 Å². The maximum absolute atomic E-state index is 13.7. The van der Waals surface area contributed by atoms with Crippen LogP contribution in [0.1, 0.15) is 0 Å². The zero-order chi connectivity index (χ0) is 14.9. The van der Waals surface area contributed by atoms with Crippen molar-refractivity contribution in [2.24, 2.45) is 0 Å². The molecule has 1 aromatic heterocycles. The molecule has 0 radical (unpaired) electrons. The summed E-state index contributed by atoms with van der Waals surface area (Å²) in [6, 6.07) is 1.29. The monoisotopic (exact) mass is 383 g/mol. The number of hydrogen-bond donors (Lipinski definition) is 1. The maximum atomic E-state index is 13.7. The number of nitrogens with one attached hydrogen (secondary N) is 1. The van der Waals surface area contributed by atoms with Gasteiger partial charge in [0.15, 0.2) is 11.0 Å². The first-order chi connectivity index (χ1) is 9.31. The van der Waals surface area contributed by atoms with Crippen LogP contribution >= 0.6 is 27.5 Å². The van der Waals surface area contributed by atoms with Gasteiger partial charge in [-0.15, -0.1) is 0 Å². The highest BCUT2D eigenvalue weighted by molar-refractivity contribution is 9.10. The van der Waals surface area contributed by atoms with E-state index in [1.807, 2.05) is 4.72 Å². The van der Waals surface area contributed by atoms with E-state index in [2.05, 4.69) is 25.9 Å². The van der Waals surface area contributed by atoms with Crippen molar-refractivity contribution in [3.05, 3.63) is 45.8 Å². The molecule has 10 heteroatoms. The van der Waals surface area contributed by atoms with E-state index in [-0.39, 0.29) is 15.4 Å². The predicted molar refractivity (Wildman–Crippen MR) is 71.9 cm³/mol. The quantitative estimate of drug-likeness (QED) is 0.883. The lowest BCUT2D eigenvalue weighted by Gasteiger charge is -2.10. The number of halogens is 4. The van der Waals surface area contributed by atoms with Crippen LogP contribution in [0.5, 0.6) is 0 Å². The summed E-state index contributed by atoms with van der Waals surface area (Å²) >= 11 is 8.45. The normalized spacial score (nSPS) is 11.4. The fraction of sp³-hybridized carbons (Fsp3) is 0. The van der Waals surface area contributed by atoms with Gasteiger partial charge in [0.05, 0.1) is 0 Å². The van der Waals surface area contributed by atoms with E-state index in [0.717, 1.165) is 6.07 Å². The van der Waals surface area contributed by atoms with Crippen molar-refractivity contribution in [3.8, 4) is 0 Å².